The summed E-state index contributed by atoms with van der Waals surface area (Å²) in [4.78, 5) is 34.6. The van der Waals surface area contributed by atoms with Crippen LogP contribution in [-0.4, -0.2) is 46.4 Å². The molecule has 1 N–H and O–H groups in total. The minimum atomic E-state index is -0.348. The van der Waals surface area contributed by atoms with Gasteiger partial charge in [-0.25, -0.2) is 14.8 Å². The third-order valence-electron chi connectivity index (χ3n) is 4.48. The highest BCUT2D eigenvalue weighted by Gasteiger charge is 2.23. The molecule has 0 bridgehead atoms. The third kappa shape index (κ3) is 4.81. The maximum atomic E-state index is 12.5. The second-order valence-electron chi connectivity index (χ2n) is 6.71. The average Bonchev–Trinajstić information content (AvgIpc) is 2.69. The molecule has 1 aliphatic heterocycles. The first kappa shape index (κ1) is 18.8. The lowest BCUT2D eigenvalue weighted by Gasteiger charge is -2.30. The number of nitrogens with zero attached hydrogens (tertiary/aromatic N) is 3. The molecule has 1 saturated heterocycles. The van der Waals surface area contributed by atoms with Gasteiger partial charge < -0.3 is 15.0 Å². The Morgan fingerprint density at radius 2 is 2.00 bits per heavy atom. The predicted octanol–water partition coefficient (Wildman–Crippen LogP) is 3.27. The van der Waals surface area contributed by atoms with Crippen molar-refractivity contribution >= 4 is 23.4 Å². The highest BCUT2D eigenvalue weighted by atomic mass is 16.5. The largest absolute Gasteiger partial charge is 0.462 e. The summed E-state index contributed by atoms with van der Waals surface area (Å²) in [5.41, 5.74) is 1.61. The summed E-state index contributed by atoms with van der Waals surface area (Å²) in [6.45, 7) is 5.82. The number of anilines is 2. The lowest BCUT2D eigenvalue weighted by molar-refractivity contribution is 0.0526. The lowest BCUT2D eigenvalue weighted by atomic mass is 10.0. The number of carbonyl (C=O) groups is 2. The number of nitrogens with one attached hydrogen (secondary N) is 1. The van der Waals surface area contributed by atoms with Crippen molar-refractivity contribution in [2.75, 3.05) is 25.0 Å². The van der Waals surface area contributed by atoms with E-state index in [0.717, 1.165) is 31.6 Å². The number of rotatable bonds is 5. The smallest absolute Gasteiger partial charge is 0.338 e. The van der Waals surface area contributed by atoms with E-state index in [1.165, 1.54) is 6.20 Å². The predicted molar refractivity (Wildman–Crippen MR) is 102 cm³/mol. The van der Waals surface area contributed by atoms with Gasteiger partial charge in [-0.05, 0) is 49.9 Å². The zero-order chi connectivity index (χ0) is 19.2. The number of benzene rings is 1. The quantitative estimate of drug-likeness (QED) is 0.816. The first-order valence-electron chi connectivity index (χ1n) is 9.22. The van der Waals surface area contributed by atoms with Gasteiger partial charge in [0.1, 0.15) is 11.5 Å². The first-order valence-corrected chi connectivity index (χ1v) is 9.22. The second-order valence-corrected chi connectivity index (χ2v) is 6.71. The summed E-state index contributed by atoms with van der Waals surface area (Å²) < 4.78 is 4.96. The van der Waals surface area contributed by atoms with E-state index < -0.39 is 0 Å². The minimum Gasteiger partial charge on any atom is -0.462 e. The van der Waals surface area contributed by atoms with Crippen LogP contribution in [0.5, 0.6) is 0 Å². The molecule has 2 aromatic rings. The van der Waals surface area contributed by atoms with Crippen molar-refractivity contribution in [3.8, 4) is 0 Å². The Bertz CT molecular complexity index is 790. The summed E-state index contributed by atoms with van der Waals surface area (Å²) in [6.07, 6.45) is 5.23. The van der Waals surface area contributed by atoms with Crippen molar-refractivity contribution in [3.63, 3.8) is 0 Å². The zero-order valence-electron chi connectivity index (χ0n) is 15.6. The summed E-state index contributed by atoms with van der Waals surface area (Å²) in [7, 11) is 0. The van der Waals surface area contributed by atoms with Gasteiger partial charge in [-0.2, -0.15) is 0 Å². The Morgan fingerprint density at radius 1 is 1.22 bits per heavy atom. The monoisotopic (exact) mass is 368 g/mol. The molecule has 7 heteroatoms. The Hall–Kier alpha value is -2.96. The minimum absolute atomic E-state index is 0.0700. The van der Waals surface area contributed by atoms with Gasteiger partial charge in [-0.15, -0.1) is 0 Å². The molecule has 1 atom stereocenters. The van der Waals surface area contributed by atoms with Gasteiger partial charge in [0, 0.05) is 18.8 Å². The van der Waals surface area contributed by atoms with E-state index in [1.54, 1.807) is 37.4 Å². The van der Waals surface area contributed by atoms with E-state index in [0.29, 0.717) is 29.6 Å². The number of hydrogen-bond acceptors (Lipinski definition) is 6. The molecule has 1 aromatic carbocycles. The van der Waals surface area contributed by atoms with Crippen LogP contribution in [0.2, 0.25) is 0 Å². The molecule has 27 heavy (non-hydrogen) atoms. The van der Waals surface area contributed by atoms with E-state index in [1.807, 2.05) is 4.90 Å². The van der Waals surface area contributed by atoms with Gasteiger partial charge >= 0.3 is 5.97 Å². The van der Waals surface area contributed by atoms with Crippen molar-refractivity contribution < 1.29 is 14.3 Å². The fraction of sp³-hybridized carbons (Fsp3) is 0.400. The molecule has 2 heterocycles. The Labute approximate surface area is 158 Å². The lowest BCUT2D eigenvalue weighted by Crippen LogP contribution is -2.39. The molecular formula is C20H24N4O3. The second kappa shape index (κ2) is 8.62. The fourth-order valence-electron chi connectivity index (χ4n) is 3.09. The molecule has 142 valence electrons. The molecular weight excluding hydrogens is 344 g/mol. The molecule has 1 unspecified atom stereocenters. The van der Waals surface area contributed by atoms with E-state index in [-0.39, 0.29) is 11.9 Å². The van der Waals surface area contributed by atoms with Crippen LogP contribution in [-0.2, 0) is 4.74 Å². The van der Waals surface area contributed by atoms with Gasteiger partial charge in [0.15, 0.2) is 0 Å². The van der Waals surface area contributed by atoms with Crippen LogP contribution in [0, 0.1) is 5.92 Å². The Morgan fingerprint density at radius 3 is 2.63 bits per heavy atom. The molecule has 0 radical (unpaired) electrons. The Balaban J connectivity index is 1.62. The summed E-state index contributed by atoms with van der Waals surface area (Å²) in [5, 5.41) is 3.10. The van der Waals surface area contributed by atoms with Gasteiger partial charge in [0.2, 0.25) is 0 Å². The molecule has 0 aliphatic carbocycles. The van der Waals surface area contributed by atoms with Gasteiger partial charge in [0.25, 0.3) is 5.91 Å². The van der Waals surface area contributed by atoms with E-state index >= 15 is 0 Å². The van der Waals surface area contributed by atoms with Crippen molar-refractivity contribution in [2.45, 2.75) is 26.7 Å². The summed E-state index contributed by atoms with van der Waals surface area (Å²) in [5.74, 6) is 0.634. The summed E-state index contributed by atoms with van der Waals surface area (Å²) in [6, 6.07) is 6.90. The zero-order valence-corrected chi connectivity index (χ0v) is 15.6. The third-order valence-corrected chi connectivity index (χ3v) is 4.48. The van der Waals surface area contributed by atoms with Crippen LogP contribution in [0.25, 0.3) is 0 Å². The van der Waals surface area contributed by atoms with Crippen molar-refractivity contribution in [2.24, 2.45) is 5.92 Å². The highest BCUT2D eigenvalue weighted by molar-refractivity contribution is 5.92. The number of aromatic nitrogens is 2. The summed E-state index contributed by atoms with van der Waals surface area (Å²) >= 11 is 0. The van der Waals surface area contributed by atoms with E-state index in [9.17, 15) is 9.59 Å². The fourth-order valence-corrected chi connectivity index (χ4v) is 3.09. The molecule has 1 aromatic heterocycles. The van der Waals surface area contributed by atoms with Gasteiger partial charge in [0.05, 0.1) is 24.6 Å². The molecule has 0 spiro atoms. The topological polar surface area (TPSA) is 84.4 Å². The number of amides is 1. The van der Waals surface area contributed by atoms with Gasteiger partial charge in [-0.3, -0.25) is 4.79 Å². The van der Waals surface area contributed by atoms with E-state index in [2.05, 4.69) is 22.2 Å². The molecule has 1 fully saturated rings. The Kier molecular flexibility index (Phi) is 6.01. The van der Waals surface area contributed by atoms with Crippen LogP contribution in [0.1, 0.15) is 47.5 Å². The van der Waals surface area contributed by atoms with E-state index in [4.69, 9.17) is 4.74 Å². The van der Waals surface area contributed by atoms with Crippen LogP contribution in [0.3, 0.4) is 0 Å². The van der Waals surface area contributed by atoms with Crippen LogP contribution < -0.4 is 5.32 Å². The highest BCUT2D eigenvalue weighted by Crippen LogP contribution is 2.18. The van der Waals surface area contributed by atoms with Crippen molar-refractivity contribution in [1.82, 2.24) is 14.9 Å². The SMILES string of the molecule is CCOC(=O)c1ccc(Nc2cnc(C(=O)N3CCCC(C)C3)cn2)cc1. The molecule has 1 aliphatic rings. The van der Waals surface area contributed by atoms with Crippen LogP contribution in [0.15, 0.2) is 36.7 Å². The van der Waals surface area contributed by atoms with Crippen LogP contribution >= 0.6 is 0 Å². The number of hydrogen-bond donors (Lipinski definition) is 1. The van der Waals surface area contributed by atoms with Crippen molar-refractivity contribution in [3.05, 3.63) is 47.9 Å². The number of piperidine rings is 1. The standard InChI is InChI=1S/C20H24N4O3/c1-3-27-20(26)15-6-8-16(9-7-15)23-18-12-21-17(11-22-18)19(25)24-10-4-5-14(2)13-24/h6-9,11-12,14H,3-5,10,13H2,1-2H3,(H,22,23). The van der Waals surface area contributed by atoms with Gasteiger partial charge in [-0.1, -0.05) is 6.92 Å². The number of carbonyl (C=O) groups excluding carboxylic acids is 2. The number of ether oxygens (including phenoxy) is 1. The van der Waals surface area contributed by atoms with Crippen molar-refractivity contribution in [1.29, 1.82) is 0 Å². The maximum absolute atomic E-state index is 12.5. The number of esters is 1. The molecule has 0 saturated carbocycles. The average molecular weight is 368 g/mol. The molecule has 1 amide bonds. The molecule has 3 rings (SSSR count). The van der Waals surface area contributed by atoms with Crippen LogP contribution in [0.4, 0.5) is 11.5 Å². The first-order chi connectivity index (χ1) is 13.1. The normalized spacial score (nSPS) is 16.7. The maximum Gasteiger partial charge on any atom is 0.338 e. The number of likely N-dealkylation sites (tertiary alicyclic amines) is 1. The molecule has 7 nitrogen and oxygen atoms in total.